The molecule has 0 saturated carbocycles. The van der Waals surface area contributed by atoms with E-state index in [0.717, 1.165) is 5.69 Å². The van der Waals surface area contributed by atoms with Crippen LogP contribution in [0.4, 0.5) is 34.4 Å². The Labute approximate surface area is 168 Å². The quantitative estimate of drug-likeness (QED) is 0.480. The normalized spacial score (nSPS) is 10.2. The summed E-state index contributed by atoms with van der Waals surface area (Å²) in [6.45, 7) is 1.46. The molecule has 3 rings (SSSR count). The lowest BCUT2D eigenvalue weighted by molar-refractivity contribution is -0.114. The third kappa shape index (κ3) is 4.83. The molecule has 0 saturated heterocycles. The second-order valence-electron chi connectivity index (χ2n) is 6.06. The fourth-order valence-electron chi connectivity index (χ4n) is 2.61. The number of nitrogen functional groups attached to an aromatic ring is 1. The Hall–Kier alpha value is -4.01. The maximum Gasteiger partial charge on any atom is 0.221 e. The summed E-state index contributed by atoms with van der Waals surface area (Å²) in [6, 6.07) is 12.5. The topological polar surface area (TPSA) is 123 Å². The highest BCUT2D eigenvalue weighted by atomic mass is 16.5. The van der Waals surface area contributed by atoms with Crippen LogP contribution in [0.2, 0.25) is 0 Å². The van der Waals surface area contributed by atoms with Gasteiger partial charge >= 0.3 is 0 Å². The SMILES string of the molecule is COc1ccc(OC)c(Nc2ncnc(Nc3ccc(NC(C)=O)cc3)c2N)c1. The molecule has 9 nitrogen and oxygen atoms in total. The summed E-state index contributed by atoms with van der Waals surface area (Å²) >= 11 is 0. The summed E-state index contributed by atoms with van der Waals surface area (Å²) in [5.41, 5.74) is 8.71. The van der Waals surface area contributed by atoms with E-state index in [1.807, 2.05) is 12.1 Å². The number of anilines is 6. The molecule has 5 N–H and O–H groups in total. The van der Waals surface area contributed by atoms with E-state index in [-0.39, 0.29) is 5.91 Å². The fourth-order valence-corrected chi connectivity index (χ4v) is 2.61. The second kappa shape index (κ2) is 8.79. The molecule has 1 aromatic heterocycles. The predicted molar refractivity (Wildman–Crippen MR) is 113 cm³/mol. The molecule has 1 heterocycles. The Morgan fingerprint density at radius 3 is 2.21 bits per heavy atom. The number of nitrogens with zero attached hydrogens (tertiary/aromatic N) is 2. The molecule has 0 atom stereocenters. The van der Waals surface area contributed by atoms with Gasteiger partial charge in [0.25, 0.3) is 0 Å². The van der Waals surface area contributed by atoms with E-state index >= 15 is 0 Å². The minimum atomic E-state index is -0.130. The first-order chi connectivity index (χ1) is 14.0. The Morgan fingerprint density at radius 2 is 1.59 bits per heavy atom. The van der Waals surface area contributed by atoms with Crippen molar-refractivity contribution >= 4 is 40.3 Å². The van der Waals surface area contributed by atoms with Crippen LogP contribution >= 0.6 is 0 Å². The van der Waals surface area contributed by atoms with E-state index in [2.05, 4.69) is 25.9 Å². The highest BCUT2D eigenvalue weighted by Gasteiger charge is 2.12. The zero-order valence-electron chi connectivity index (χ0n) is 16.3. The second-order valence-corrected chi connectivity index (χ2v) is 6.06. The molecule has 0 aliphatic heterocycles. The smallest absolute Gasteiger partial charge is 0.221 e. The molecule has 0 aliphatic carbocycles. The first-order valence-corrected chi connectivity index (χ1v) is 8.74. The first-order valence-electron chi connectivity index (χ1n) is 8.74. The number of aromatic nitrogens is 2. The maximum absolute atomic E-state index is 11.1. The molecule has 0 radical (unpaired) electrons. The molecule has 0 aliphatic rings. The summed E-state index contributed by atoms with van der Waals surface area (Å²) in [4.78, 5) is 19.6. The average Bonchev–Trinajstić information content (AvgIpc) is 2.72. The van der Waals surface area contributed by atoms with E-state index < -0.39 is 0 Å². The van der Waals surface area contributed by atoms with Gasteiger partial charge in [0.1, 0.15) is 23.5 Å². The number of carbonyl (C=O) groups excluding carboxylic acids is 1. The molecule has 9 heteroatoms. The van der Waals surface area contributed by atoms with Gasteiger partial charge in [0.15, 0.2) is 11.6 Å². The number of amides is 1. The average molecular weight is 394 g/mol. The first kappa shape index (κ1) is 19.7. The van der Waals surface area contributed by atoms with Crippen molar-refractivity contribution in [2.45, 2.75) is 6.92 Å². The number of hydrogen-bond acceptors (Lipinski definition) is 8. The van der Waals surface area contributed by atoms with Gasteiger partial charge in [-0.2, -0.15) is 0 Å². The standard InChI is InChI=1S/C20H22N6O3/c1-12(27)24-13-4-6-14(7-5-13)25-19-18(21)20(23-11-22-19)26-16-10-15(28-2)8-9-17(16)29-3/h4-11H,21H2,1-3H3,(H,24,27)(H2,22,23,25,26). The van der Waals surface area contributed by atoms with Gasteiger partial charge in [-0.05, 0) is 36.4 Å². The fraction of sp³-hybridized carbons (Fsp3) is 0.150. The highest BCUT2D eigenvalue weighted by molar-refractivity contribution is 5.89. The van der Waals surface area contributed by atoms with Gasteiger partial charge in [0.2, 0.25) is 5.91 Å². The van der Waals surface area contributed by atoms with Crippen molar-refractivity contribution in [3.05, 3.63) is 48.8 Å². The number of nitrogens with two attached hydrogens (primary N) is 1. The van der Waals surface area contributed by atoms with Crippen LogP contribution in [-0.2, 0) is 4.79 Å². The number of carbonyl (C=O) groups is 1. The largest absolute Gasteiger partial charge is 0.497 e. The molecule has 150 valence electrons. The lowest BCUT2D eigenvalue weighted by atomic mass is 10.2. The molecule has 0 bridgehead atoms. The van der Waals surface area contributed by atoms with E-state index in [1.54, 1.807) is 44.6 Å². The minimum absolute atomic E-state index is 0.130. The van der Waals surface area contributed by atoms with Crippen LogP contribution in [-0.4, -0.2) is 30.1 Å². The number of rotatable bonds is 7. The third-order valence-corrected chi connectivity index (χ3v) is 4.01. The van der Waals surface area contributed by atoms with Crippen LogP contribution < -0.4 is 31.2 Å². The molecule has 0 unspecified atom stereocenters. The van der Waals surface area contributed by atoms with Gasteiger partial charge in [-0.1, -0.05) is 0 Å². The maximum atomic E-state index is 11.1. The monoisotopic (exact) mass is 394 g/mol. The number of hydrogen-bond donors (Lipinski definition) is 4. The summed E-state index contributed by atoms with van der Waals surface area (Å²) in [6.07, 6.45) is 1.40. The van der Waals surface area contributed by atoms with Crippen LogP contribution in [0.15, 0.2) is 48.8 Å². The van der Waals surface area contributed by atoms with E-state index in [0.29, 0.717) is 40.2 Å². The predicted octanol–water partition coefficient (Wildman–Crippen LogP) is 3.52. The van der Waals surface area contributed by atoms with Gasteiger partial charge in [-0.15, -0.1) is 0 Å². The van der Waals surface area contributed by atoms with Gasteiger partial charge in [-0.25, -0.2) is 9.97 Å². The van der Waals surface area contributed by atoms with Crippen molar-refractivity contribution < 1.29 is 14.3 Å². The number of ether oxygens (including phenoxy) is 2. The Bertz CT molecular complexity index is 1010. The van der Waals surface area contributed by atoms with Crippen molar-refractivity contribution in [2.75, 3.05) is 35.9 Å². The van der Waals surface area contributed by atoms with E-state index in [9.17, 15) is 4.79 Å². The van der Waals surface area contributed by atoms with Crippen LogP contribution in [0.1, 0.15) is 6.92 Å². The number of methoxy groups -OCH3 is 2. The molecule has 1 amide bonds. The van der Waals surface area contributed by atoms with Gasteiger partial charge in [-0.3, -0.25) is 4.79 Å². The lowest BCUT2D eigenvalue weighted by Crippen LogP contribution is -2.07. The van der Waals surface area contributed by atoms with Crippen LogP contribution in [0.3, 0.4) is 0 Å². The van der Waals surface area contributed by atoms with Crippen LogP contribution in [0.5, 0.6) is 11.5 Å². The number of nitrogens with one attached hydrogen (secondary N) is 3. The van der Waals surface area contributed by atoms with E-state index in [4.69, 9.17) is 15.2 Å². The third-order valence-electron chi connectivity index (χ3n) is 4.01. The minimum Gasteiger partial charge on any atom is -0.497 e. The Morgan fingerprint density at radius 1 is 0.931 bits per heavy atom. The van der Waals surface area contributed by atoms with Crippen LogP contribution in [0, 0.1) is 0 Å². The number of benzene rings is 2. The summed E-state index contributed by atoms with van der Waals surface area (Å²) in [7, 11) is 3.16. The molecule has 29 heavy (non-hydrogen) atoms. The van der Waals surface area contributed by atoms with Crippen molar-refractivity contribution in [2.24, 2.45) is 0 Å². The molecular weight excluding hydrogens is 372 g/mol. The Kier molecular flexibility index (Phi) is 5.98. The van der Waals surface area contributed by atoms with Crippen LogP contribution in [0.25, 0.3) is 0 Å². The van der Waals surface area contributed by atoms with Gasteiger partial charge in [0, 0.05) is 24.4 Å². The van der Waals surface area contributed by atoms with E-state index in [1.165, 1.54) is 13.3 Å². The van der Waals surface area contributed by atoms with Crippen molar-refractivity contribution in [3.63, 3.8) is 0 Å². The molecule has 2 aromatic carbocycles. The van der Waals surface area contributed by atoms with Crippen molar-refractivity contribution in [3.8, 4) is 11.5 Å². The van der Waals surface area contributed by atoms with Crippen molar-refractivity contribution in [1.82, 2.24) is 9.97 Å². The zero-order chi connectivity index (χ0) is 20.8. The molecule has 3 aromatic rings. The Balaban J connectivity index is 1.82. The van der Waals surface area contributed by atoms with Gasteiger partial charge < -0.3 is 31.2 Å². The highest BCUT2D eigenvalue weighted by Crippen LogP contribution is 2.34. The summed E-state index contributed by atoms with van der Waals surface area (Å²) < 4.78 is 10.6. The molecular formula is C20H22N6O3. The summed E-state index contributed by atoms with van der Waals surface area (Å²) in [5, 5.41) is 9.01. The zero-order valence-corrected chi connectivity index (χ0v) is 16.3. The molecule has 0 spiro atoms. The summed E-state index contributed by atoms with van der Waals surface area (Å²) in [5.74, 6) is 2.01. The van der Waals surface area contributed by atoms with Crippen molar-refractivity contribution in [1.29, 1.82) is 0 Å². The molecule has 0 fully saturated rings. The lowest BCUT2D eigenvalue weighted by Gasteiger charge is -2.15. The van der Waals surface area contributed by atoms with Gasteiger partial charge in [0.05, 0.1) is 19.9 Å².